The number of nitrogens with zero attached hydrogens (tertiary/aromatic N) is 5. The van der Waals surface area contributed by atoms with E-state index in [9.17, 15) is 14.9 Å². The van der Waals surface area contributed by atoms with E-state index in [1.54, 1.807) is 0 Å². The van der Waals surface area contributed by atoms with Crippen molar-refractivity contribution in [2.24, 2.45) is 0 Å². The normalized spacial score (nSPS) is 10.5. The Balaban J connectivity index is 1.55. The summed E-state index contributed by atoms with van der Waals surface area (Å²) < 4.78 is 14.6. The van der Waals surface area contributed by atoms with E-state index in [1.807, 2.05) is 121 Å². The molecule has 0 atom stereocenters. The Morgan fingerprint density at radius 3 is 1.20 bits per heavy atom. The molecule has 0 N–H and O–H groups in total. The molecule has 5 nitrogen and oxygen atoms in total. The summed E-state index contributed by atoms with van der Waals surface area (Å²) in [4.78, 5) is 14.3. The van der Waals surface area contributed by atoms with Gasteiger partial charge in [-0.1, -0.05) is 97.1 Å². The molecular formula is C35H20FN5. The molecule has 0 spiro atoms. The Morgan fingerprint density at radius 1 is 0.415 bits per heavy atom. The van der Waals surface area contributed by atoms with Gasteiger partial charge in [-0.05, 0) is 46.5 Å². The van der Waals surface area contributed by atoms with Crippen LogP contribution in [0.15, 0.2) is 121 Å². The minimum atomic E-state index is -0.862. The van der Waals surface area contributed by atoms with Gasteiger partial charge in [-0.3, -0.25) is 0 Å². The van der Waals surface area contributed by atoms with E-state index in [-0.39, 0.29) is 17.0 Å². The second-order valence-electron chi connectivity index (χ2n) is 9.31. The van der Waals surface area contributed by atoms with Crippen molar-refractivity contribution in [2.45, 2.75) is 0 Å². The largest absolute Gasteiger partial charge is 0.208 e. The van der Waals surface area contributed by atoms with E-state index in [0.29, 0.717) is 17.2 Å². The second kappa shape index (κ2) is 11.0. The van der Waals surface area contributed by atoms with Crippen LogP contribution in [0, 0.1) is 28.5 Å². The lowest BCUT2D eigenvalue weighted by Crippen LogP contribution is -2.02. The summed E-state index contributed by atoms with van der Waals surface area (Å²) >= 11 is 0. The molecule has 192 valence electrons. The fraction of sp³-hybridized carbons (Fsp3) is 0. The van der Waals surface area contributed by atoms with Crippen molar-refractivity contribution in [3.8, 4) is 68.6 Å². The molecular weight excluding hydrogens is 509 g/mol. The maximum absolute atomic E-state index is 14.6. The highest BCUT2D eigenvalue weighted by Gasteiger charge is 2.17. The molecule has 0 saturated carbocycles. The summed E-state index contributed by atoms with van der Waals surface area (Å²) in [5.74, 6) is 0.191. The minimum absolute atomic E-state index is 0.230. The maximum Gasteiger partial charge on any atom is 0.164 e. The summed E-state index contributed by atoms with van der Waals surface area (Å²) in [6.07, 6.45) is 0. The third-order valence-corrected chi connectivity index (χ3v) is 6.66. The van der Waals surface area contributed by atoms with Gasteiger partial charge in [0.1, 0.15) is 12.1 Å². The zero-order valence-electron chi connectivity index (χ0n) is 21.7. The van der Waals surface area contributed by atoms with Crippen molar-refractivity contribution in [3.63, 3.8) is 0 Å². The molecule has 1 aromatic heterocycles. The summed E-state index contributed by atoms with van der Waals surface area (Å²) in [5.41, 5.74) is 5.47. The monoisotopic (exact) mass is 529 g/mol. The fourth-order valence-corrected chi connectivity index (χ4v) is 4.62. The van der Waals surface area contributed by atoms with Gasteiger partial charge in [-0.2, -0.15) is 10.5 Å². The summed E-state index contributed by atoms with van der Waals surface area (Å²) in [7, 11) is 0. The summed E-state index contributed by atoms with van der Waals surface area (Å²) in [6.45, 7) is 0. The van der Waals surface area contributed by atoms with E-state index < -0.39 is 5.82 Å². The lowest BCUT2D eigenvalue weighted by Gasteiger charge is -2.11. The molecule has 0 fully saturated rings. The molecule has 41 heavy (non-hydrogen) atoms. The molecule has 6 rings (SSSR count). The number of aromatic nitrogens is 3. The highest BCUT2D eigenvalue weighted by molar-refractivity contribution is 5.75. The predicted octanol–water partition coefficient (Wildman–Crippen LogP) is 8.09. The number of hydrogen-bond acceptors (Lipinski definition) is 5. The van der Waals surface area contributed by atoms with E-state index in [2.05, 4.69) is 0 Å². The van der Waals surface area contributed by atoms with Gasteiger partial charge in [-0.15, -0.1) is 0 Å². The van der Waals surface area contributed by atoms with E-state index >= 15 is 0 Å². The Morgan fingerprint density at radius 2 is 0.780 bits per heavy atom. The molecule has 0 aliphatic heterocycles. The molecule has 6 heteroatoms. The molecule has 0 aliphatic carbocycles. The van der Waals surface area contributed by atoms with Gasteiger partial charge in [0.05, 0.1) is 11.1 Å². The fourth-order valence-electron chi connectivity index (χ4n) is 4.62. The molecule has 0 aliphatic rings. The van der Waals surface area contributed by atoms with Crippen LogP contribution in [-0.2, 0) is 0 Å². The Kier molecular flexibility index (Phi) is 6.80. The Bertz CT molecular complexity index is 1840. The van der Waals surface area contributed by atoms with Crippen LogP contribution in [-0.4, -0.2) is 15.0 Å². The third-order valence-electron chi connectivity index (χ3n) is 6.66. The first-order valence-electron chi connectivity index (χ1n) is 12.8. The van der Waals surface area contributed by atoms with Crippen molar-refractivity contribution < 1.29 is 4.39 Å². The van der Waals surface area contributed by atoms with Gasteiger partial charge >= 0.3 is 0 Å². The van der Waals surface area contributed by atoms with Crippen LogP contribution in [0.1, 0.15) is 11.1 Å². The van der Waals surface area contributed by atoms with Gasteiger partial charge in [-0.25, -0.2) is 19.3 Å². The highest BCUT2D eigenvalue weighted by Crippen LogP contribution is 2.31. The maximum atomic E-state index is 14.6. The zero-order chi connectivity index (χ0) is 28.2. The molecule has 0 unspecified atom stereocenters. The van der Waals surface area contributed by atoms with Gasteiger partial charge in [0.2, 0.25) is 0 Å². The van der Waals surface area contributed by atoms with Crippen LogP contribution in [0.25, 0.3) is 56.4 Å². The smallest absolute Gasteiger partial charge is 0.164 e. The Hall–Kier alpha value is -5.98. The van der Waals surface area contributed by atoms with Crippen LogP contribution in [0.5, 0.6) is 0 Å². The minimum Gasteiger partial charge on any atom is -0.208 e. The lowest BCUT2D eigenvalue weighted by molar-refractivity contribution is 0.620. The van der Waals surface area contributed by atoms with Crippen molar-refractivity contribution in [1.29, 1.82) is 10.5 Å². The highest BCUT2D eigenvalue weighted by atomic mass is 19.1. The second-order valence-corrected chi connectivity index (χ2v) is 9.31. The number of halogens is 1. The average molecular weight is 530 g/mol. The summed E-state index contributed by atoms with van der Waals surface area (Å²) in [6, 6.07) is 42.1. The first-order chi connectivity index (χ1) is 20.1. The van der Waals surface area contributed by atoms with Crippen molar-refractivity contribution in [3.05, 3.63) is 138 Å². The summed E-state index contributed by atoms with van der Waals surface area (Å²) in [5, 5.41) is 19.0. The molecule has 0 saturated heterocycles. The number of rotatable bonds is 5. The first kappa shape index (κ1) is 25.3. The van der Waals surface area contributed by atoms with Crippen molar-refractivity contribution >= 4 is 0 Å². The Labute approximate surface area is 236 Å². The van der Waals surface area contributed by atoms with Crippen LogP contribution in [0.3, 0.4) is 0 Å². The van der Waals surface area contributed by atoms with Gasteiger partial charge in [0.15, 0.2) is 23.3 Å². The SMILES string of the molecule is N#Cc1cc(-c2nc(-c3cccc(-c4ccccc4)c3)nc(-c3cccc(-c4ccccc4)c3)n2)cc(C#N)c1F. The van der Waals surface area contributed by atoms with Gasteiger partial charge in [0, 0.05) is 16.7 Å². The van der Waals surface area contributed by atoms with Crippen LogP contribution in [0.4, 0.5) is 4.39 Å². The zero-order valence-corrected chi connectivity index (χ0v) is 21.7. The molecule has 0 amide bonds. The van der Waals surface area contributed by atoms with Crippen molar-refractivity contribution in [2.75, 3.05) is 0 Å². The molecule has 0 bridgehead atoms. The topological polar surface area (TPSA) is 86.2 Å². The molecule has 0 radical (unpaired) electrons. The van der Waals surface area contributed by atoms with Crippen LogP contribution >= 0.6 is 0 Å². The van der Waals surface area contributed by atoms with Gasteiger partial charge < -0.3 is 0 Å². The lowest BCUT2D eigenvalue weighted by atomic mass is 10.0. The average Bonchev–Trinajstić information content (AvgIpc) is 3.05. The number of hydrogen-bond donors (Lipinski definition) is 0. The van der Waals surface area contributed by atoms with Gasteiger partial charge in [0.25, 0.3) is 0 Å². The van der Waals surface area contributed by atoms with E-state index in [4.69, 9.17) is 15.0 Å². The van der Waals surface area contributed by atoms with Crippen LogP contribution < -0.4 is 0 Å². The predicted molar refractivity (Wildman–Crippen MR) is 156 cm³/mol. The molecule has 5 aromatic carbocycles. The van der Waals surface area contributed by atoms with E-state index in [1.165, 1.54) is 12.1 Å². The van der Waals surface area contributed by atoms with Crippen molar-refractivity contribution in [1.82, 2.24) is 15.0 Å². The first-order valence-corrected chi connectivity index (χ1v) is 12.8. The molecule has 6 aromatic rings. The number of nitriles is 2. The molecule has 1 heterocycles. The van der Waals surface area contributed by atoms with E-state index in [0.717, 1.165) is 33.4 Å². The standard InChI is InChI=1S/C35H20FN5/c36-32-30(21-37)19-29(20-31(32)22-38)35-40-33(27-15-7-13-25(17-27)23-9-3-1-4-10-23)39-34(41-35)28-16-8-14-26(18-28)24-11-5-2-6-12-24/h1-20H. The quantitative estimate of drug-likeness (QED) is 0.225. The number of benzene rings is 5. The third kappa shape index (κ3) is 5.18. The van der Waals surface area contributed by atoms with Crippen LogP contribution in [0.2, 0.25) is 0 Å².